The van der Waals surface area contributed by atoms with E-state index in [2.05, 4.69) is 6.58 Å². The molecule has 0 aromatic heterocycles. The number of rotatable bonds is 1. The lowest BCUT2D eigenvalue weighted by Gasteiger charge is -2.43. The molecule has 0 radical (unpaired) electrons. The minimum Gasteiger partial charge on any atom is -0.461 e. The highest BCUT2D eigenvalue weighted by Crippen LogP contribution is 2.58. The molecule has 1 heterocycles. The lowest BCUT2D eigenvalue weighted by atomic mass is 9.67. The Hall–Kier alpha value is -1.40. The van der Waals surface area contributed by atoms with Gasteiger partial charge in [0.15, 0.2) is 0 Å². The number of carbonyl (C=O) groups is 2. The van der Waals surface area contributed by atoms with E-state index < -0.39 is 47.7 Å². The highest BCUT2D eigenvalue weighted by molar-refractivity contribution is 5.91. The highest BCUT2D eigenvalue weighted by Gasteiger charge is 2.65. The Kier molecular flexibility index (Phi) is 3.80. The van der Waals surface area contributed by atoms with Crippen LogP contribution in [0.1, 0.15) is 33.6 Å². The summed E-state index contributed by atoms with van der Waals surface area (Å²) in [7, 11) is 0. The van der Waals surface area contributed by atoms with E-state index in [1.54, 1.807) is 0 Å². The van der Waals surface area contributed by atoms with E-state index in [-0.39, 0.29) is 23.8 Å². The van der Waals surface area contributed by atoms with Crippen LogP contribution in [0.15, 0.2) is 12.2 Å². The predicted molar refractivity (Wildman–Crippen MR) is 80.1 cm³/mol. The van der Waals surface area contributed by atoms with E-state index >= 15 is 0 Å². The van der Waals surface area contributed by atoms with Crippen LogP contribution in [-0.2, 0) is 19.1 Å². The van der Waals surface area contributed by atoms with Gasteiger partial charge in [0.05, 0.1) is 18.1 Å². The molecular weight excluding hydrogens is 300 g/mol. The van der Waals surface area contributed by atoms with E-state index in [1.165, 1.54) is 6.92 Å². The summed E-state index contributed by atoms with van der Waals surface area (Å²) >= 11 is 0. The van der Waals surface area contributed by atoms with Gasteiger partial charge in [-0.25, -0.2) is 4.79 Å². The molecular formula is C17H24O6. The second-order valence-electron chi connectivity index (χ2n) is 7.45. The molecule has 3 fully saturated rings. The SMILES string of the molecule is C=C1C(=O)O[C@H]2C[C@@H](C)[C@@H]3[C@H](O)C[C@@H](O)[C@@]3(C)[C@H](OC(C)=O)[C@H]12. The van der Waals surface area contributed by atoms with Crippen LogP contribution in [0.25, 0.3) is 0 Å². The quantitative estimate of drug-likeness (QED) is 0.547. The number of ether oxygens (including phenoxy) is 2. The van der Waals surface area contributed by atoms with Gasteiger partial charge in [-0.1, -0.05) is 20.4 Å². The van der Waals surface area contributed by atoms with Gasteiger partial charge in [-0.05, 0) is 18.3 Å². The van der Waals surface area contributed by atoms with Crippen molar-refractivity contribution in [3.8, 4) is 0 Å². The standard InChI is InChI=1S/C17H24O6/c1-7-5-11-13(8(2)16(21)23-11)15(22-9(3)18)17(4)12(20)6-10(19)14(7)17/h7,10-15,19-20H,2,5-6H2,1,3-4H3/t7-,10-,11+,12-,13-,14-,15-,17-/m1/s1. The summed E-state index contributed by atoms with van der Waals surface area (Å²) in [5.41, 5.74) is -0.565. The van der Waals surface area contributed by atoms with Crippen molar-refractivity contribution in [1.29, 1.82) is 0 Å². The molecule has 0 aromatic rings. The highest BCUT2D eigenvalue weighted by atomic mass is 16.6. The molecule has 0 unspecified atom stereocenters. The molecule has 3 rings (SSSR count). The van der Waals surface area contributed by atoms with E-state index in [4.69, 9.17) is 9.47 Å². The number of aliphatic hydroxyl groups is 2. The van der Waals surface area contributed by atoms with E-state index in [9.17, 15) is 19.8 Å². The molecule has 0 spiro atoms. The van der Waals surface area contributed by atoms with Gasteiger partial charge in [0.25, 0.3) is 0 Å². The fourth-order valence-corrected chi connectivity index (χ4v) is 5.14. The monoisotopic (exact) mass is 324 g/mol. The van der Waals surface area contributed by atoms with Crippen LogP contribution < -0.4 is 0 Å². The molecule has 1 aliphatic heterocycles. The lowest BCUT2D eigenvalue weighted by Crippen LogP contribution is -2.51. The van der Waals surface area contributed by atoms with Crippen LogP contribution in [0.3, 0.4) is 0 Å². The second kappa shape index (κ2) is 5.31. The average Bonchev–Trinajstić information content (AvgIpc) is 2.79. The molecule has 1 saturated heterocycles. The molecule has 6 heteroatoms. The third-order valence-corrected chi connectivity index (χ3v) is 6.09. The van der Waals surface area contributed by atoms with Crippen molar-refractivity contribution in [1.82, 2.24) is 0 Å². The van der Waals surface area contributed by atoms with Crippen LogP contribution in [0, 0.1) is 23.2 Å². The van der Waals surface area contributed by atoms with Gasteiger partial charge in [0.1, 0.15) is 12.2 Å². The molecule has 3 aliphatic rings. The molecule has 2 N–H and O–H groups in total. The summed E-state index contributed by atoms with van der Waals surface area (Å²) in [4.78, 5) is 23.6. The van der Waals surface area contributed by atoms with Crippen molar-refractivity contribution >= 4 is 11.9 Å². The van der Waals surface area contributed by atoms with Crippen molar-refractivity contribution in [2.24, 2.45) is 23.2 Å². The van der Waals surface area contributed by atoms with Gasteiger partial charge in [0, 0.05) is 24.3 Å². The molecule has 23 heavy (non-hydrogen) atoms. The molecule has 128 valence electrons. The Labute approximate surface area is 135 Å². The first-order chi connectivity index (χ1) is 10.7. The van der Waals surface area contributed by atoms with Crippen LogP contribution >= 0.6 is 0 Å². The normalized spacial score (nSPS) is 49.2. The number of aliphatic hydroxyl groups excluding tert-OH is 2. The van der Waals surface area contributed by atoms with Gasteiger partial charge >= 0.3 is 11.9 Å². The first kappa shape index (κ1) is 16.5. The number of esters is 2. The summed E-state index contributed by atoms with van der Waals surface area (Å²) < 4.78 is 11.0. The minimum absolute atomic E-state index is 0.0129. The predicted octanol–water partition coefficient (Wildman–Crippen LogP) is 0.804. The number of fused-ring (bicyclic) bond motifs is 2. The van der Waals surface area contributed by atoms with Crippen molar-refractivity contribution < 1.29 is 29.3 Å². The van der Waals surface area contributed by atoms with Crippen molar-refractivity contribution in [3.63, 3.8) is 0 Å². The van der Waals surface area contributed by atoms with Gasteiger partial charge in [0.2, 0.25) is 0 Å². The van der Waals surface area contributed by atoms with Crippen molar-refractivity contribution in [3.05, 3.63) is 12.2 Å². The lowest BCUT2D eigenvalue weighted by molar-refractivity contribution is -0.168. The van der Waals surface area contributed by atoms with Gasteiger partial charge < -0.3 is 19.7 Å². The fraction of sp³-hybridized carbons (Fsp3) is 0.765. The van der Waals surface area contributed by atoms with E-state index in [0.29, 0.717) is 6.42 Å². The molecule has 6 nitrogen and oxygen atoms in total. The van der Waals surface area contributed by atoms with Crippen LogP contribution in [-0.4, -0.2) is 46.6 Å². The first-order valence-corrected chi connectivity index (χ1v) is 8.11. The first-order valence-electron chi connectivity index (χ1n) is 8.11. The Bertz CT molecular complexity index is 557. The minimum atomic E-state index is -0.846. The zero-order valence-electron chi connectivity index (χ0n) is 13.7. The maximum Gasteiger partial charge on any atom is 0.334 e. The topological polar surface area (TPSA) is 93.1 Å². The maximum atomic E-state index is 12.0. The van der Waals surface area contributed by atoms with Crippen LogP contribution in [0.5, 0.6) is 0 Å². The second-order valence-corrected chi connectivity index (χ2v) is 7.45. The zero-order valence-corrected chi connectivity index (χ0v) is 13.7. The average molecular weight is 324 g/mol. The molecule has 2 aliphatic carbocycles. The molecule has 8 atom stereocenters. The van der Waals surface area contributed by atoms with Crippen molar-refractivity contribution in [2.45, 2.75) is 58.0 Å². The Balaban J connectivity index is 2.12. The molecule has 0 bridgehead atoms. The van der Waals surface area contributed by atoms with E-state index in [0.717, 1.165) is 0 Å². The number of carbonyl (C=O) groups excluding carboxylic acids is 2. The largest absolute Gasteiger partial charge is 0.461 e. The number of hydrogen-bond donors (Lipinski definition) is 2. The Morgan fingerprint density at radius 1 is 1.39 bits per heavy atom. The summed E-state index contributed by atoms with van der Waals surface area (Å²) in [6.07, 6.45) is -1.89. The summed E-state index contributed by atoms with van der Waals surface area (Å²) in [5.74, 6) is -1.66. The van der Waals surface area contributed by atoms with Gasteiger partial charge in [-0.3, -0.25) is 4.79 Å². The smallest absolute Gasteiger partial charge is 0.334 e. The third-order valence-electron chi connectivity index (χ3n) is 6.09. The zero-order chi connectivity index (χ0) is 17.1. The Morgan fingerprint density at radius 2 is 2.04 bits per heavy atom. The van der Waals surface area contributed by atoms with Gasteiger partial charge in [-0.2, -0.15) is 0 Å². The molecule has 0 amide bonds. The number of hydrogen-bond acceptors (Lipinski definition) is 6. The van der Waals surface area contributed by atoms with Crippen LogP contribution in [0.4, 0.5) is 0 Å². The third kappa shape index (κ3) is 2.22. The summed E-state index contributed by atoms with van der Waals surface area (Å²) in [5, 5.41) is 21.1. The molecule has 2 saturated carbocycles. The fourth-order valence-electron chi connectivity index (χ4n) is 5.14. The molecule has 0 aromatic carbocycles. The Morgan fingerprint density at radius 3 is 2.65 bits per heavy atom. The summed E-state index contributed by atoms with van der Waals surface area (Å²) in [6.45, 7) is 8.94. The van der Waals surface area contributed by atoms with Gasteiger partial charge in [-0.15, -0.1) is 0 Å². The van der Waals surface area contributed by atoms with Crippen molar-refractivity contribution in [2.75, 3.05) is 0 Å². The van der Waals surface area contributed by atoms with Crippen LogP contribution in [0.2, 0.25) is 0 Å². The van der Waals surface area contributed by atoms with E-state index in [1.807, 2.05) is 13.8 Å². The summed E-state index contributed by atoms with van der Waals surface area (Å²) in [6, 6.07) is 0. The maximum absolute atomic E-state index is 12.0.